The smallest absolute Gasteiger partial charge is 0.263 e. The van der Waals surface area contributed by atoms with Crippen LogP contribution in [0.1, 0.15) is 16.1 Å². The highest BCUT2D eigenvalue weighted by Crippen LogP contribution is 2.27. The molecule has 0 fully saturated rings. The summed E-state index contributed by atoms with van der Waals surface area (Å²) >= 11 is 0. The van der Waals surface area contributed by atoms with Gasteiger partial charge in [-0.1, -0.05) is 5.16 Å². The maximum Gasteiger partial charge on any atom is 0.263 e. The Morgan fingerprint density at radius 3 is 2.52 bits per heavy atom. The van der Waals surface area contributed by atoms with Crippen molar-refractivity contribution in [3.05, 3.63) is 66.3 Å². The summed E-state index contributed by atoms with van der Waals surface area (Å²) in [7, 11) is 3.46. The number of anilines is 1. The number of methoxy groups -OCH3 is 1. The fourth-order valence-corrected chi connectivity index (χ4v) is 3.07. The number of hydrogen-bond acceptors (Lipinski definition) is 6. The highest BCUT2D eigenvalue weighted by Gasteiger charge is 2.23. The fourth-order valence-electron chi connectivity index (χ4n) is 3.07. The summed E-state index contributed by atoms with van der Waals surface area (Å²) in [4.78, 5) is 21.3. The van der Waals surface area contributed by atoms with Gasteiger partial charge in [-0.25, -0.2) is 4.98 Å². The van der Waals surface area contributed by atoms with Crippen molar-refractivity contribution >= 4 is 11.9 Å². The van der Waals surface area contributed by atoms with Crippen molar-refractivity contribution in [3.63, 3.8) is 0 Å². The number of hydrogen-bond donors (Lipinski definition) is 1. The molecule has 8 heteroatoms. The van der Waals surface area contributed by atoms with E-state index in [9.17, 15) is 4.79 Å². The molecule has 0 unspecified atom stereocenters. The Labute approximate surface area is 167 Å². The van der Waals surface area contributed by atoms with Crippen molar-refractivity contribution in [3.8, 4) is 28.3 Å². The second-order valence-corrected chi connectivity index (χ2v) is 6.41. The monoisotopic (exact) mass is 389 g/mol. The zero-order valence-electron chi connectivity index (χ0n) is 16.2. The molecule has 0 aliphatic heterocycles. The predicted molar refractivity (Wildman–Crippen MR) is 108 cm³/mol. The first-order chi connectivity index (χ1) is 14.1. The molecule has 8 nitrogen and oxygen atoms in total. The Kier molecular flexibility index (Phi) is 4.82. The minimum Gasteiger partial charge on any atom is -0.497 e. The van der Waals surface area contributed by atoms with E-state index in [2.05, 4.69) is 20.4 Å². The number of imidazole rings is 1. The van der Waals surface area contributed by atoms with Crippen LogP contribution in [-0.2, 0) is 7.05 Å². The van der Waals surface area contributed by atoms with E-state index in [0.717, 1.165) is 22.6 Å². The summed E-state index contributed by atoms with van der Waals surface area (Å²) in [5, 5.41) is 6.89. The van der Waals surface area contributed by atoms with Gasteiger partial charge in [0.1, 0.15) is 22.8 Å². The van der Waals surface area contributed by atoms with Crippen molar-refractivity contribution in [2.75, 3.05) is 12.4 Å². The number of nitrogens with zero attached hydrogens (tertiary/aromatic N) is 4. The Morgan fingerprint density at radius 1 is 1.10 bits per heavy atom. The lowest BCUT2D eigenvalue weighted by atomic mass is 10.1. The number of ether oxygens (including phenoxy) is 1. The molecular weight excluding hydrogens is 370 g/mol. The predicted octanol–water partition coefficient (Wildman–Crippen LogP) is 3.71. The number of carbonyl (C=O) groups is 1. The van der Waals surface area contributed by atoms with Gasteiger partial charge in [-0.3, -0.25) is 15.1 Å². The van der Waals surface area contributed by atoms with Crippen molar-refractivity contribution in [1.29, 1.82) is 0 Å². The first-order valence-corrected chi connectivity index (χ1v) is 8.92. The van der Waals surface area contributed by atoms with Crippen LogP contribution in [0.15, 0.2) is 59.5 Å². The molecule has 0 spiro atoms. The Balaban J connectivity index is 1.62. The topological polar surface area (TPSA) is 95.1 Å². The van der Waals surface area contributed by atoms with Gasteiger partial charge >= 0.3 is 0 Å². The summed E-state index contributed by atoms with van der Waals surface area (Å²) in [6, 6.07) is 11.2. The van der Waals surface area contributed by atoms with Crippen LogP contribution >= 0.6 is 0 Å². The zero-order valence-corrected chi connectivity index (χ0v) is 16.2. The standard InChI is InChI=1S/C21H19N5O3/c1-13-18(19(25-29-13)15-8-10-22-11-9-15)20(27)24-21-23-12-17(26(21)2)14-4-6-16(28-3)7-5-14/h4-12H,1-3H3,(H,23,24,27). The van der Waals surface area contributed by atoms with E-state index in [4.69, 9.17) is 9.26 Å². The fraction of sp³-hybridized carbons (Fsp3) is 0.143. The number of rotatable bonds is 5. The van der Waals surface area contributed by atoms with Gasteiger partial charge in [-0.2, -0.15) is 0 Å². The molecule has 0 atom stereocenters. The number of carbonyl (C=O) groups excluding carboxylic acids is 1. The highest BCUT2D eigenvalue weighted by molar-refractivity contribution is 6.08. The van der Waals surface area contributed by atoms with E-state index in [1.54, 1.807) is 44.8 Å². The van der Waals surface area contributed by atoms with Crippen molar-refractivity contribution in [2.24, 2.45) is 7.05 Å². The summed E-state index contributed by atoms with van der Waals surface area (Å²) in [5.41, 5.74) is 3.40. The lowest BCUT2D eigenvalue weighted by molar-refractivity contribution is 0.102. The number of amides is 1. The number of aromatic nitrogens is 4. The number of benzene rings is 1. The van der Waals surface area contributed by atoms with Crippen LogP contribution in [0.5, 0.6) is 5.75 Å². The van der Waals surface area contributed by atoms with Gasteiger partial charge in [0.15, 0.2) is 0 Å². The molecule has 1 amide bonds. The number of pyridine rings is 1. The first-order valence-electron chi connectivity index (χ1n) is 8.92. The molecule has 0 aliphatic carbocycles. The van der Waals surface area contributed by atoms with Crippen molar-refractivity contribution in [2.45, 2.75) is 6.92 Å². The molecule has 3 heterocycles. The van der Waals surface area contributed by atoms with Crippen LogP contribution < -0.4 is 10.1 Å². The molecule has 4 rings (SSSR count). The van der Waals surface area contributed by atoms with Gasteiger partial charge < -0.3 is 13.8 Å². The molecule has 29 heavy (non-hydrogen) atoms. The summed E-state index contributed by atoms with van der Waals surface area (Å²) in [6.07, 6.45) is 4.99. The molecule has 0 radical (unpaired) electrons. The third kappa shape index (κ3) is 3.47. The average Bonchev–Trinajstić information content (AvgIpc) is 3.31. The average molecular weight is 389 g/mol. The van der Waals surface area contributed by atoms with E-state index in [1.165, 1.54) is 0 Å². The van der Waals surface area contributed by atoms with Crippen LogP contribution in [-0.4, -0.2) is 32.7 Å². The van der Waals surface area contributed by atoms with E-state index in [-0.39, 0.29) is 5.91 Å². The van der Waals surface area contributed by atoms with Crippen LogP contribution in [0.3, 0.4) is 0 Å². The molecule has 0 aliphatic rings. The van der Waals surface area contributed by atoms with E-state index < -0.39 is 0 Å². The quantitative estimate of drug-likeness (QED) is 0.559. The Morgan fingerprint density at radius 2 is 1.83 bits per heavy atom. The molecule has 1 aromatic carbocycles. The van der Waals surface area contributed by atoms with E-state index in [0.29, 0.717) is 23.0 Å². The number of nitrogens with one attached hydrogen (secondary N) is 1. The van der Waals surface area contributed by atoms with Gasteiger partial charge in [0.25, 0.3) is 5.91 Å². The third-order valence-electron chi connectivity index (χ3n) is 4.64. The van der Waals surface area contributed by atoms with Gasteiger partial charge in [-0.05, 0) is 43.3 Å². The van der Waals surface area contributed by atoms with Crippen LogP contribution in [0.25, 0.3) is 22.5 Å². The van der Waals surface area contributed by atoms with Gasteiger partial charge in [0.2, 0.25) is 5.95 Å². The van der Waals surface area contributed by atoms with Crippen molar-refractivity contribution < 1.29 is 14.1 Å². The molecule has 4 aromatic rings. The molecule has 3 aromatic heterocycles. The third-order valence-corrected chi connectivity index (χ3v) is 4.64. The van der Waals surface area contributed by atoms with Crippen LogP contribution in [0, 0.1) is 6.92 Å². The molecule has 0 saturated carbocycles. The highest BCUT2D eigenvalue weighted by atomic mass is 16.5. The molecule has 146 valence electrons. The summed E-state index contributed by atoms with van der Waals surface area (Å²) in [6.45, 7) is 1.70. The Bertz CT molecular complexity index is 1150. The maximum absolute atomic E-state index is 13.0. The van der Waals surface area contributed by atoms with Crippen molar-refractivity contribution in [1.82, 2.24) is 19.7 Å². The minimum absolute atomic E-state index is 0.342. The van der Waals surface area contributed by atoms with Gasteiger partial charge in [0.05, 0.1) is 19.0 Å². The molecule has 0 saturated heterocycles. The summed E-state index contributed by atoms with van der Waals surface area (Å²) in [5.74, 6) is 1.28. The van der Waals surface area contributed by atoms with Gasteiger partial charge in [-0.15, -0.1) is 0 Å². The largest absolute Gasteiger partial charge is 0.497 e. The normalized spacial score (nSPS) is 10.7. The maximum atomic E-state index is 13.0. The van der Waals surface area contributed by atoms with Crippen LogP contribution in [0.2, 0.25) is 0 Å². The van der Waals surface area contributed by atoms with Crippen LogP contribution in [0.4, 0.5) is 5.95 Å². The molecule has 1 N–H and O–H groups in total. The molecular formula is C21H19N5O3. The second-order valence-electron chi connectivity index (χ2n) is 6.41. The molecule has 0 bridgehead atoms. The van der Waals surface area contributed by atoms with Gasteiger partial charge in [0, 0.05) is 30.6 Å². The SMILES string of the molecule is COc1ccc(-c2cnc(NC(=O)c3c(-c4ccncc4)noc3C)n2C)cc1. The van der Waals surface area contributed by atoms with E-state index >= 15 is 0 Å². The second kappa shape index (κ2) is 7.59. The van der Waals surface area contributed by atoms with E-state index in [1.807, 2.05) is 35.9 Å². The lowest BCUT2D eigenvalue weighted by Crippen LogP contribution is -2.16. The lowest BCUT2D eigenvalue weighted by Gasteiger charge is -2.08. The Hall–Kier alpha value is -3.94. The number of aryl methyl sites for hydroxylation is 1. The first kappa shape index (κ1) is 18.4. The zero-order chi connectivity index (χ0) is 20.4. The minimum atomic E-state index is -0.342. The summed E-state index contributed by atoms with van der Waals surface area (Å²) < 4.78 is 12.3.